The van der Waals surface area contributed by atoms with Gasteiger partial charge >= 0.3 is 15.7 Å². The van der Waals surface area contributed by atoms with Crippen molar-refractivity contribution < 1.29 is 18.7 Å². The Labute approximate surface area is 128 Å². The fraction of sp³-hybridized carbons (Fsp3) is 0.929. The second kappa shape index (κ2) is 6.04. The predicted octanol–water partition coefficient (Wildman–Crippen LogP) is 1.08. The van der Waals surface area contributed by atoms with E-state index in [0.29, 0.717) is 19.7 Å². The quantitative estimate of drug-likeness (QED) is 0.773. The Morgan fingerprint density at radius 3 is 2.52 bits per heavy atom. The largest absolute Gasteiger partial charge is 0.444 e. The van der Waals surface area contributed by atoms with Gasteiger partial charge in [-0.1, -0.05) is 0 Å². The van der Waals surface area contributed by atoms with Crippen LogP contribution in [0.5, 0.6) is 0 Å². The number of rotatable bonds is 2. The zero-order valence-corrected chi connectivity index (χ0v) is 14.5. The second-order valence-electron chi connectivity index (χ2n) is 7.11. The lowest BCUT2D eigenvalue weighted by atomic mass is 9.73. The van der Waals surface area contributed by atoms with Crippen LogP contribution in [-0.2, 0) is 13.9 Å². The molecule has 0 unspecified atom stereocenters. The van der Waals surface area contributed by atoms with E-state index in [9.17, 15) is 9.26 Å². The number of piperidine rings is 1. The molecule has 2 heterocycles. The summed E-state index contributed by atoms with van der Waals surface area (Å²) in [5.41, 5.74) is -0.470. The summed E-state index contributed by atoms with van der Waals surface area (Å²) in [7, 11) is -0.991. The molecule has 2 aliphatic rings. The van der Waals surface area contributed by atoms with Crippen LogP contribution in [0, 0.1) is 5.41 Å². The summed E-state index contributed by atoms with van der Waals surface area (Å²) in [6.45, 7) is 9.64. The highest BCUT2D eigenvalue weighted by Gasteiger charge is 2.49. The molecule has 2 rings (SSSR count). The molecule has 0 aliphatic carbocycles. The Bertz CT molecular complexity index is 402. The molecule has 120 valence electrons. The van der Waals surface area contributed by atoms with Crippen molar-refractivity contribution >= 4 is 15.7 Å². The second-order valence-corrected chi connectivity index (χ2v) is 7.68. The van der Waals surface area contributed by atoms with Crippen LogP contribution in [0.4, 0.5) is 4.79 Å². The van der Waals surface area contributed by atoms with Crippen LogP contribution >= 0.6 is 0 Å². The van der Waals surface area contributed by atoms with Crippen molar-refractivity contribution in [3.8, 4) is 0 Å². The molecular formula is C14H26N2O4Si. The van der Waals surface area contributed by atoms with Gasteiger partial charge in [-0.25, -0.2) is 4.79 Å². The molecule has 2 fully saturated rings. The molecule has 21 heavy (non-hydrogen) atoms. The van der Waals surface area contributed by atoms with E-state index < -0.39 is 15.2 Å². The summed E-state index contributed by atoms with van der Waals surface area (Å²) < 4.78 is 22.2. The van der Waals surface area contributed by atoms with Crippen LogP contribution in [0.1, 0.15) is 40.5 Å². The van der Waals surface area contributed by atoms with Gasteiger partial charge in [-0.2, -0.15) is 0 Å². The fourth-order valence-electron chi connectivity index (χ4n) is 3.28. The van der Waals surface area contributed by atoms with Gasteiger partial charge in [0.1, 0.15) is 5.60 Å². The number of amides is 1. The van der Waals surface area contributed by atoms with Crippen LogP contribution in [-0.4, -0.2) is 58.0 Å². The average Bonchev–Trinajstić information content (AvgIpc) is 2.68. The average molecular weight is 314 g/mol. The lowest BCUT2D eigenvalue weighted by molar-refractivity contribution is 0.00642. The minimum absolute atomic E-state index is 0.00462. The first-order valence-corrected chi connectivity index (χ1v) is 8.61. The first kappa shape index (κ1) is 16.4. The number of nitrogens with one attached hydrogen (secondary N) is 1. The van der Waals surface area contributed by atoms with Gasteiger partial charge in [-0.15, -0.1) is 0 Å². The van der Waals surface area contributed by atoms with Crippen molar-refractivity contribution in [2.24, 2.45) is 5.41 Å². The van der Waals surface area contributed by atoms with Crippen LogP contribution < -0.4 is 4.98 Å². The molecule has 6 nitrogen and oxygen atoms in total. The third-order valence-electron chi connectivity index (χ3n) is 4.42. The normalized spacial score (nSPS) is 28.5. The summed E-state index contributed by atoms with van der Waals surface area (Å²) in [5.74, 6) is 0. The van der Waals surface area contributed by atoms with Crippen LogP contribution in [0.3, 0.4) is 0 Å². The number of likely N-dealkylation sites (tertiary alicyclic amines) is 1. The smallest absolute Gasteiger partial charge is 0.410 e. The molecular weight excluding hydrogens is 288 g/mol. The van der Waals surface area contributed by atoms with Gasteiger partial charge in [0.15, 0.2) is 0 Å². The summed E-state index contributed by atoms with van der Waals surface area (Å²) in [4.78, 5) is 17.0. The summed E-state index contributed by atoms with van der Waals surface area (Å²) >= 11 is 0. The van der Waals surface area contributed by atoms with Crippen molar-refractivity contribution in [1.82, 2.24) is 9.88 Å². The fourth-order valence-corrected chi connectivity index (χ4v) is 4.05. The first-order valence-electron chi connectivity index (χ1n) is 7.57. The zero-order chi connectivity index (χ0) is 15.7. The Balaban J connectivity index is 1.96. The highest BCUT2D eigenvalue weighted by Crippen LogP contribution is 2.42. The molecule has 0 radical (unpaired) electrons. The van der Waals surface area contributed by atoms with Crippen molar-refractivity contribution in [2.45, 2.75) is 58.3 Å². The lowest BCUT2D eigenvalue weighted by Gasteiger charge is -2.42. The number of carbonyl (C=O) groups is 1. The molecule has 0 aromatic heterocycles. The molecule has 0 aromatic carbocycles. The Hall–Kier alpha value is -0.953. The molecule has 7 heteroatoms. The van der Waals surface area contributed by atoms with Gasteiger partial charge in [-0.3, -0.25) is 0 Å². The highest BCUT2D eigenvalue weighted by atomic mass is 28.2. The molecule has 2 aliphatic heterocycles. The lowest BCUT2D eigenvalue weighted by Crippen LogP contribution is -2.54. The molecule has 0 bridgehead atoms. The molecule has 2 saturated heterocycles. The number of carbonyl (C=O) groups excluding carboxylic acids is 1. The third-order valence-corrected chi connectivity index (χ3v) is 4.92. The van der Waals surface area contributed by atoms with Crippen LogP contribution in [0.15, 0.2) is 0 Å². The summed E-state index contributed by atoms with van der Waals surface area (Å²) in [6, 6.07) is 0.116. The van der Waals surface area contributed by atoms with Gasteiger partial charge < -0.3 is 23.8 Å². The molecule has 2 atom stereocenters. The third kappa shape index (κ3) is 3.63. The maximum atomic E-state index is 12.1. The Morgan fingerprint density at radius 1 is 1.38 bits per heavy atom. The van der Waals surface area contributed by atoms with E-state index in [2.05, 4.69) is 4.98 Å². The van der Waals surface area contributed by atoms with E-state index in [4.69, 9.17) is 9.47 Å². The Kier molecular flexibility index (Phi) is 4.72. The maximum Gasteiger partial charge on any atom is 0.410 e. The topological polar surface area (TPSA) is 67.9 Å². The SMILES string of the molecule is C[C@@H]1OCC2(CCN(C(=O)OC(C)(C)C)CC2)[C@@H]1N[SiH]=O. The predicted molar refractivity (Wildman–Crippen MR) is 79.6 cm³/mol. The maximum absolute atomic E-state index is 12.1. The highest BCUT2D eigenvalue weighted by molar-refractivity contribution is 6.13. The minimum Gasteiger partial charge on any atom is -0.444 e. The number of hydrogen-bond donors (Lipinski definition) is 1. The van der Waals surface area contributed by atoms with E-state index in [1.165, 1.54) is 0 Å². The number of ether oxygens (including phenoxy) is 2. The van der Waals surface area contributed by atoms with Gasteiger partial charge in [0.05, 0.1) is 18.8 Å². The van der Waals surface area contributed by atoms with Gasteiger partial charge in [0, 0.05) is 18.5 Å². The number of nitrogens with zero attached hydrogens (tertiary/aromatic N) is 1. The van der Waals surface area contributed by atoms with Crippen molar-refractivity contribution in [2.75, 3.05) is 19.7 Å². The van der Waals surface area contributed by atoms with Crippen LogP contribution in [0.25, 0.3) is 0 Å². The standard InChI is InChI=1S/C14H26N2O4Si/c1-10-11(15-21-18)14(9-19-10)5-7-16(8-6-14)12(17)20-13(2,3)4/h10-11,15,21H,5-9H2,1-4H3/t10-,11+/m0/s1. The molecule has 1 spiro atoms. The van der Waals surface area contributed by atoms with Gasteiger partial charge in [0.25, 0.3) is 0 Å². The zero-order valence-electron chi connectivity index (χ0n) is 13.3. The van der Waals surface area contributed by atoms with Gasteiger partial charge in [-0.05, 0) is 40.5 Å². The van der Waals surface area contributed by atoms with Crippen LogP contribution in [0.2, 0.25) is 0 Å². The summed E-state index contributed by atoms with van der Waals surface area (Å²) in [6.07, 6.45) is 1.53. The molecule has 1 N–H and O–H groups in total. The number of hydrogen-bond acceptors (Lipinski definition) is 4. The van der Waals surface area contributed by atoms with E-state index in [1.54, 1.807) is 4.90 Å². The minimum atomic E-state index is -0.991. The Morgan fingerprint density at radius 2 is 2.00 bits per heavy atom. The molecule has 0 saturated carbocycles. The first-order chi connectivity index (χ1) is 9.77. The summed E-state index contributed by atoms with van der Waals surface area (Å²) in [5, 5.41) is 0. The van der Waals surface area contributed by atoms with E-state index in [0.717, 1.165) is 12.8 Å². The van der Waals surface area contributed by atoms with Crippen molar-refractivity contribution in [1.29, 1.82) is 0 Å². The molecule has 1 amide bonds. The van der Waals surface area contributed by atoms with E-state index in [-0.39, 0.29) is 23.7 Å². The molecule has 0 aromatic rings. The van der Waals surface area contributed by atoms with E-state index >= 15 is 0 Å². The monoisotopic (exact) mass is 314 g/mol. The van der Waals surface area contributed by atoms with Crippen molar-refractivity contribution in [3.63, 3.8) is 0 Å². The van der Waals surface area contributed by atoms with Crippen molar-refractivity contribution in [3.05, 3.63) is 0 Å². The van der Waals surface area contributed by atoms with E-state index in [1.807, 2.05) is 27.7 Å². The van der Waals surface area contributed by atoms with Gasteiger partial charge in [0.2, 0.25) is 0 Å².